The summed E-state index contributed by atoms with van der Waals surface area (Å²) in [6.07, 6.45) is 1.71. The number of aliphatic hydroxyl groups is 2. The van der Waals surface area contributed by atoms with Crippen LogP contribution in [-0.2, 0) is 4.74 Å². The Kier molecular flexibility index (Phi) is 5.02. The molecule has 3 aromatic rings. The number of benzene rings is 1. The topological polar surface area (TPSA) is 105 Å². The number of aromatic nitrogens is 4. The van der Waals surface area contributed by atoms with Crippen LogP contribution in [0.2, 0.25) is 0 Å². The molecule has 26 heavy (non-hydrogen) atoms. The van der Waals surface area contributed by atoms with E-state index < -0.39 is 12.3 Å². The van der Waals surface area contributed by atoms with E-state index in [1.165, 1.54) is 6.33 Å². The average molecular weight is 373 g/mol. The van der Waals surface area contributed by atoms with Crippen LogP contribution in [0.5, 0.6) is 0 Å². The lowest BCUT2D eigenvalue weighted by Crippen LogP contribution is -2.19. The third-order valence-corrected chi connectivity index (χ3v) is 5.12. The molecule has 0 spiro atoms. The third-order valence-electron chi connectivity index (χ3n) is 4.22. The van der Waals surface area contributed by atoms with Gasteiger partial charge in [0.05, 0.1) is 24.9 Å². The lowest BCUT2D eigenvalue weighted by Gasteiger charge is -2.16. The van der Waals surface area contributed by atoms with Gasteiger partial charge in [-0.1, -0.05) is 18.2 Å². The summed E-state index contributed by atoms with van der Waals surface area (Å²) in [6.45, 7) is -0.126. The number of ether oxygens (including phenoxy) is 1. The van der Waals surface area contributed by atoms with Gasteiger partial charge in [-0.25, -0.2) is 15.0 Å². The number of hydrogen-bond acceptors (Lipinski definition) is 8. The standard InChI is InChI=1S/C17H19N5O3S/c23-7-11-6-13(24)17(25-11)22-9-20-14-15(18-8-19-16(14)22)21-10-26-12-4-2-1-3-5-12/h1-5,8-9,11,13,17,23-24H,6-7,10H2,(H,18,19,21)/t11-,13+,17+/m0/s1. The average Bonchev–Trinajstić information content (AvgIpc) is 3.26. The quantitative estimate of drug-likeness (QED) is 0.442. The van der Waals surface area contributed by atoms with E-state index in [-0.39, 0.29) is 12.7 Å². The minimum atomic E-state index is -0.718. The fraction of sp³-hybridized carbons (Fsp3) is 0.353. The molecule has 1 fully saturated rings. The Hall–Kier alpha value is -2.20. The van der Waals surface area contributed by atoms with E-state index in [0.29, 0.717) is 29.3 Å². The minimum Gasteiger partial charge on any atom is -0.394 e. The van der Waals surface area contributed by atoms with Gasteiger partial charge in [0.2, 0.25) is 0 Å². The van der Waals surface area contributed by atoms with Crippen molar-refractivity contribution in [2.45, 2.75) is 29.8 Å². The van der Waals surface area contributed by atoms with E-state index in [1.807, 2.05) is 30.3 Å². The lowest BCUT2D eigenvalue weighted by atomic mass is 10.2. The Morgan fingerprint density at radius 2 is 2.08 bits per heavy atom. The highest BCUT2D eigenvalue weighted by Gasteiger charge is 2.35. The maximum absolute atomic E-state index is 10.2. The number of nitrogens with zero attached hydrogens (tertiary/aromatic N) is 4. The first-order valence-electron chi connectivity index (χ1n) is 8.30. The van der Waals surface area contributed by atoms with Crippen molar-refractivity contribution in [1.82, 2.24) is 19.5 Å². The molecule has 1 aromatic carbocycles. The van der Waals surface area contributed by atoms with Gasteiger partial charge in [0.1, 0.15) is 12.4 Å². The second kappa shape index (κ2) is 7.58. The van der Waals surface area contributed by atoms with Crippen LogP contribution in [0.25, 0.3) is 11.2 Å². The van der Waals surface area contributed by atoms with Gasteiger partial charge in [-0.3, -0.25) is 4.57 Å². The predicted octanol–water partition coefficient (Wildman–Crippen LogP) is 1.63. The summed E-state index contributed by atoms with van der Waals surface area (Å²) in [7, 11) is 0. The largest absolute Gasteiger partial charge is 0.394 e. The van der Waals surface area contributed by atoms with Crippen molar-refractivity contribution in [1.29, 1.82) is 0 Å². The Balaban J connectivity index is 1.52. The summed E-state index contributed by atoms with van der Waals surface area (Å²) < 4.78 is 7.38. The van der Waals surface area contributed by atoms with E-state index in [0.717, 1.165) is 4.90 Å². The van der Waals surface area contributed by atoms with Crippen molar-refractivity contribution in [3.05, 3.63) is 43.0 Å². The molecule has 0 radical (unpaired) electrons. The molecule has 0 unspecified atom stereocenters. The van der Waals surface area contributed by atoms with Crippen LogP contribution >= 0.6 is 11.8 Å². The number of imidazole rings is 1. The summed E-state index contributed by atoms with van der Waals surface area (Å²) >= 11 is 1.66. The number of thioether (sulfide) groups is 1. The van der Waals surface area contributed by atoms with Crippen molar-refractivity contribution in [3.63, 3.8) is 0 Å². The summed E-state index contributed by atoms with van der Waals surface area (Å²) in [5, 5.41) is 22.7. The Morgan fingerprint density at radius 1 is 1.23 bits per heavy atom. The van der Waals surface area contributed by atoms with Gasteiger partial charge in [-0.05, 0) is 12.1 Å². The van der Waals surface area contributed by atoms with E-state index in [4.69, 9.17) is 4.74 Å². The fourth-order valence-corrected chi connectivity index (χ4v) is 3.69. The van der Waals surface area contributed by atoms with E-state index in [1.54, 1.807) is 22.7 Å². The summed E-state index contributed by atoms with van der Waals surface area (Å²) in [4.78, 5) is 14.1. The van der Waals surface area contributed by atoms with Crippen molar-refractivity contribution in [3.8, 4) is 0 Å². The predicted molar refractivity (Wildman–Crippen MR) is 97.7 cm³/mol. The van der Waals surface area contributed by atoms with Gasteiger partial charge >= 0.3 is 0 Å². The van der Waals surface area contributed by atoms with Gasteiger partial charge in [0.15, 0.2) is 23.2 Å². The molecule has 0 amide bonds. The second-order valence-electron chi connectivity index (χ2n) is 5.96. The van der Waals surface area contributed by atoms with Crippen LogP contribution in [0.15, 0.2) is 47.9 Å². The molecular formula is C17H19N5O3S. The highest BCUT2D eigenvalue weighted by atomic mass is 32.2. The number of fused-ring (bicyclic) bond motifs is 1. The van der Waals surface area contributed by atoms with Crippen LogP contribution in [0.3, 0.4) is 0 Å². The normalized spacial score (nSPS) is 22.8. The molecule has 3 atom stereocenters. The zero-order valence-electron chi connectivity index (χ0n) is 13.9. The summed E-state index contributed by atoms with van der Waals surface area (Å²) in [6, 6.07) is 10.1. The minimum absolute atomic E-state index is 0.126. The fourth-order valence-electron chi connectivity index (χ4n) is 2.97. The van der Waals surface area contributed by atoms with Crippen LogP contribution in [0.4, 0.5) is 5.82 Å². The monoisotopic (exact) mass is 373 g/mol. The van der Waals surface area contributed by atoms with Crippen LogP contribution in [-0.4, -0.2) is 54.4 Å². The van der Waals surface area contributed by atoms with E-state index >= 15 is 0 Å². The van der Waals surface area contributed by atoms with Crippen molar-refractivity contribution in [2.75, 3.05) is 17.8 Å². The number of nitrogens with one attached hydrogen (secondary N) is 1. The molecule has 3 N–H and O–H groups in total. The van der Waals surface area contributed by atoms with Gasteiger partial charge < -0.3 is 20.3 Å². The third kappa shape index (κ3) is 3.38. The van der Waals surface area contributed by atoms with Gasteiger partial charge in [0.25, 0.3) is 0 Å². The number of rotatable bonds is 6. The molecule has 0 saturated carbocycles. The summed E-state index contributed by atoms with van der Waals surface area (Å²) in [5.74, 6) is 1.27. The maximum Gasteiger partial charge on any atom is 0.167 e. The Morgan fingerprint density at radius 3 is 2.85 bits per heavy atom. The maximum atomic E-state index is 10.2. The molecule has 0 bridgehead atoms. The molecule has 9 heteroatoms. The smallest absolute Gasteiger partial charge is 0.167 e. The first kappa shape index (κ1) is 17.2. The first-order chi connectivity index (χ1) is 12.8. The molecule has 2 aromatic heterocycles. The summed E-state index contributed by atoms with van der Waals surface area (Å²) in [5.41, 5.74) is 1.19. The van der Waals surface area contributed by atoms with Crippen molar-refractivity contribution >= 4 is 28.7 Å². The van der Waals surface area contributed by atoms with E-state index in [9.17, 15) is 10.2 Å². The van der Waals surface area contributed by atoms with Crippen LogP contribution < -0.4 is 5.32 Å². The zero-order chi connectivity index (χ0) is 17.9. The Bertz CT molecular complexity index is 875. The molecule has 136 valence electrons. The highest BCUT2D eigenvalue weighted by Crippen LogP contribution is 2.31. The van der Waals surface area contributed by atoms with E-state index in [2.05, 4.69) is 20.3 Å². The zero-order valence-corrected chi connectivity index (χ0v) is 14.7. The van der Waals surface area contributed by atoms with Crippen molar-refractivity contribution in [2.24, 2.45) is 0 Å². The molecule has 1 aliphatic heterocycles. The Labute approximate surface area is 154 Å². The molecule has 4 rings (SSSR count). The van der Waals surface area contributed by atoms with Gasteiger partial charge in [-0.2, -0.15) is 0 Å². The SMILES string of the molecule is OC[C@@H]1C[C@@H](O)[C@H](n2cnc3c(NCSc4ccccc4)ncnc32)O1. The first-order valence-corrected chi connectivity index (χ1v) is 9.28. The molecular weight excluding hydrogens is 354 g/mol. The number of anilines is 1. The number of aliphatic hydroxyl groups excluding tert-OH is 2. The number of hydrogen-bond donors (Lipinski definition) is 3. The van der Waals surface area contributed by atoms with Crippen LogP contribution in [0, 0.1) is 0 Å². The van der Waals surface area contributed by atoms with Crippen LogP contribution in [0.1, 0.15) is 12.6 Å². The molecule has 8 nitrogen and oxygen atoms in total. The van der Waals surface area contributed by atoms with Crippen molar-refractivity contribution < 1.29 is 14.9 Å². The van der Waals surface area contributed by atoms with Gasteiger partial charge in [0, 0.05) is 11.3 Å². The molecule has 3 heterocycles. The second-order valence-corrected chi connectivity index (χ2v) is 7.01. The molecule has 0 aliphatic carbocycles. The molecule has 1 aliphatic rings. The highest BCUT2D eigenvalue weighted by molar-refractivity contribution is 7.99. The lowest BCUT2D eigenvalue weighted by molar-refractivity contribution is -0.0486. The molecule has 1 saturated heterocycles. The van der Waals surface area contributed by atoms with Gasteiger partial charge in [-0.15, -0.1) is 11.8 Å².